The fourth-order valence-corrected chi connectivity index (χ4v) is 3.74. The predicted molar refractivity (Wildman–Crippen MR) is 124 cm³/mol. The summed E-state index contributed by atoms with van der Waals surface area (Å²) in [5.74, 6) is 2.63. The number of rotatable bonds is 6. The van der Waals surface area contributed by atoms with Crippen LogP contribution in [0.5, 0.6) is 0 Å². The minimum atomic E-state index is -0.00645. The van der Waals surface area contributed by atoms with E-state index in [0.29, 0.717) is 6.54 Å². The third-order valence-electron chi connectivity index (χ3n) is 5.36. The lowest BCUT2D eigenvalue weighted by Crippen LogP contribution is -2.41. The Bertz CT molecular complexity index is 998. The average molecular weight is 422 g/mol. The highest BCUT2D eigenvalue weighted by Gasteiger charge is 2.18. The second kappa shape index (κ2) is 9.83. The zero-order chi connectivity index (χ0) is 21.6. The number of anilines is 1. The number of nitrogens with one attached hydrogen (secondary N) is 2. The normalized spacial score (nSPS) is 18.2. The Morgan fingerprint density at radius 1 is 1.29 bits per heavy atom. The fourth-order valence-electron chi connectivity index (χ4n) is 3.74. The van der Waals surface area contributed by atoms with Crippen molar-refractivity contribution in [2.45, 2.75) is 39.5 Å². The van der Waals surface area contributed by atoms with Crippen LogP contribution in [-0.2, 0) is 11.3 Å². The van der Waals surface area contributed by atoms with Crippen molar-refractivity contribution in [1.82, 2.24) is 15.6 Å². The number of aliphatic imine (C=N–C) groups is 1. The van der Waals surface area contributed by atoms with E-state index in [0.717, 1.165) is 60.3 Å². The Kier molecular flexibility index (Phi) is 6.72. The summed E-state index contributed by atoms with van der Waals surface area (Å²) in [6.45, 7) is 10.0. The highest BCUT2D eigenvalue weighted by molar-refractivity contribution is 5.81. The van der Waals surface area contributed by atoms with Crippen molar-refractivity contribution in [3.05, 3.63) is 60.0 Å². The summed E-state index contributed by atoms with van der Waals surface area (Å²) < 4.78 is 11.6. The van der Waals surface area contributed by atoms with E-state index in [1.807, 2.05) is 30.5 Å². The number of nitrogens with zero attached hydrogens (tertiary/aromatic N) is 3. The molecule has 1 fully saturated rings. The molecule has 1 aromatic carbocycles. The average Bonchev–Trinajstić information content (AvgIpc) is 3.22. The highest BCUT2D eigenvalue weighted by Crippen LogP contribution is 2.23. The largest absolute Gasteiger partial charge is 0.459 e. The molecule has 3 heterocycles. The van der Waals surface area contributed by atoms with E-state index in [-0.39, 0.29) is 12.1 Å². The molecule has 4 rings (SSSR count). The molecule has 2 N–H and O–H groups in total. The summed E-state index contributed by atoms with van der Waals surface area (Å²) in [6.07, 6.45) is 2.08. The molecule has 2 unspecified atom stereocenters. The van der Waals surface area contributed by atoms with Crippen LogP contribution in [0.1, 0.15) is 38.1 Å². The lowest BCUT2D eigenvalue weighted by Gasteiger charge is -2.32. The van der Waals surface area contributed by atoms with Crippen LogP contribution in [0.25, 0.3) is 11.0 Å². The van der Waals surface area contributed by atoms with Gasteiger partial charge in [-0.25, -0.2) is 9.98 Å². The molecule has 0 bridgehead atoms. The van der Waals surface area contributed by atoms with Crippen LogP contribution in [-0.4, -0.2) is 43.3 Å². The zero-order valence-corrected chi connectivity index (χ0v) is 18.5. The van der Waals surface area contributed by atoms with Gasteiger partial charge < -0.3 is 24.7 Å². The van der Waals surface area contributed by atoms with E-state index in [9.17, 15) is 0 Å². The number of pyridine rings is 1. The van der Waals surface area contributed by atoms with Gasteiger partial charge in [-0.3, -0.25) is 0 Å². The van der Waals surface area contributed by atoms with Gasteiger partial charge in [0.25, 0.3) is 0 Å². The molecule has 0 saturated carbocycles. The number of para-hydroxylation sites is 1. The number of ether oxygens (including phenoxy) is 1. The van der Waals surface area contributed by atoms with Gasteiger partial charge in [0.05, 0.1) is 25.3 Å². The van der Waals surface area contributed by atoms with Gasteiger partial charge in [0.15, 0.2) is 5.96 Å². The van der Waals surface area contributed by atoms with E-state index in [1.54, 1.807) is 0 Å². The van der Waals surface area contributed by atoms with Gasteiger partial charge in [-0.2, -0.15) is 0 Å². The number of guanidine groups is 1. The third kappa shape index (κ3) is 5.35. The minimum Gasteiger partial charge on any atom is -0.459 e. The number of hydrogen-bond donors (Lipinski definition) is 2. The van der Waals surface area contributed by atoms with E-state index in [4.69, 9.17) is 14.1 Å². The maximum atomic E-state index is 5.99. The molecule has 0 amide bonds. The van der Waals surface area contributed by atoms with E-state index in [1.165, 1.54) is 0 Å². The second-order valence-corrected chi connectivity index (χ2v) is 7.90. The Balaban J connectivity index is 1.44. The molecule has 164 valence electrons. The molecule has 1 saturated heterocycles. The molecule has 0 aliphatic carbocycles. The SMILES string of the molecule is CCNC(=NCc1ccnc(N2CCOC(C)C2)c1)NC(C)c1cc2ccccc2o1. The smallest absolute Gasteiger partial charge is 0.192 e. The van der Waals surface area contributed by atoms with Gasteiger partial charge in [0.1, 0.15) is 17.2 Å². The Morgan fingerprint density at radius 2 is 2.16 bits per heavy atom. The molecule has 3 aromatic rings. The molecular weight excluding hydrogens is 390 g/mol. The molecule has 0 spiro atoms. The summed E-state index contributed by atoms with van der Waals surface area (Å²) in [6, 6.07) is 14.3. The lowest BCUT2D eigenvalue weighted by atomic mass is 10.2. The third-order valence-corrected chi connectivity index (χ3v) is 5.36. The van der Waals surface area contributed by atoms with E-state index in [2.05, 4.69) is 59.5 Å². The quantitative estimate of drug-likeness (QED) is 0.465. The van der Waals surface area contributed by atoms with E-state index < -0.39 is 0 Å². The molecule has 2 atom stereocenters. The molecule has 7 heteroatoms. The number of benzene rings is 1. The standard InChI is InChI=1S/C24H31N5O2/c1-4-25-24(28-18(3)22-14-20-7-5-6-8-21(20)31-22)27-15-19-9-10-26-23(13-19)29-11-12-30-17(2)16-29/h5-10,13-14,17-18H,4,11-12,15-16H2,1-3H3,(H2,25,27,28). The maximum Gasteiger partial charge on any atom is 0.192 e. The van der Waals surface area contributed by atoms with Crippen LogP contribution in [0.4, 0.5) is 5.82 Å². The number of hydrogen-bond acceptors (Lipinski definition) is 5. The number of furan rings is 1. The van der Waals surface area contributed by atoms with Crippen LogP contribution in [0.3, 0.4) is 0 Å². The summed E-state index contributed by atoms with van der Waals surface area (Å²) in [4.78, 5) is 11.6. The number of morpholine rings is 1. The van der Waals surface area contributed by atoms with Crippen molar-refractivity contribution in [2.75, 3.05) is 31.1 Å². The fraction of sp³-hybridized carbons (Fsp3) is 0.417. The lowest BCUT2D eigenvalue weighted by molar-refractivity contribution is 0.0529. The molecule has 7 nitrogen and oxygen atoms in total. The van der Waals surface area contributed by atoms with Gasteiger partial charge in [-0.05, 0) is 50.6 Å². The summed E-state index contributed by atoms with van der Waals surface area (Å²) in [5, 5.41) is 7.88. The minimum absolute atomic E-state index is 0.00645. The van der Waals surface area contributed by atoms with Gasteiger partial charge in [-0.15, -0.1) is 0 Å². The van der Waals surface area contributed by atoms with Crippen LogP contribution in [0, 0.1) is 0 Å². The highest BCUT2D eigenvalue weighted by atomic mass is 16.5. The van der Waals surface area contributed by atoms with Gasteiger partial charge >= 0.3 is 0 Å². The zero-order valence-electron chi connectivity index (χ0n) is 18.5. The van der Waals surface area contributed by atoms with Crippen molar-refractivity contribution in [3.63, 3.8) is 0 Å². The molecule has 1 aliphatic rings. The first-order valence-electron chi connectivity index (χ1n) is 11.0. The predicted octanol–water partition coefficient (Wildman–Crippen LogP) is 3.87. The van der Waals surface area contributed by atoms with Gasteiger partial charge in [-0.1, -0.05) is 18.2 Å². The molecule has 1 aliphatic heterocycles. The van der Waals surface area contributed by atoms with Crippen LogP contribution < -0.4 is 15.5 Å². The van der Waals surface area contributed by atoms with Crippen LogP contribution >= 0.6 is 0 Å². The molecule has 31 heavy (non-hydrogen) atoms. The van der Waals surface area contributed by atoms with Crippen molar-refractivity contribution in [2.24, 2.45) is 4.99 Å². The summed E-state index contributed by atoms with van der Waals surface area (Å²) >= 11 is 0. The van der Waals surface area contributed by atoms with Crippen molar-refractivity contribution >= 4 is 22.7 Å². The molecular formula is C24H31N5O2. The van der Waals surface area contributed by atoms with Crippen LogP contribution in [0.2, 0.25) is 0 Å². The van der Waals surface area contributed by atoms with Gasteiger partial charge in [0.2, 0.25) is 0 Å². The number of fused-ring (bicyclic) bond motifs is 1. The Morgan fingerprint density at radius 3 is 2.97 bits per heavy atom. The monoisotopic (exact) mass is 421 g/mol. The Hall–Kier alpha value is -3.06. The van der Waals surface area contributed by atoms with Crippen LogP contribution in [0.15, 0.2) is 58.1 Å². The first kappa shape index (κ1) is 21.2. The first-order valence-corrected chi connectivity index (χ1v) is 11.0. The molecule has 0 radical (unpaired) electrons. The van der Waals surface area contributed by atoms with Crippen molar-refractivity contribution in [3.8, 4) is 0 Å². The number of aromatic nitrogens is 1. The Labute approximate surface area is 183 Å². The van der Waals surface area contributed by atoms with Gasteiger partial charge in [0, 0.05) is 31.2 Å². The first-order chi connectivity index (χ1) is 15.1. The topological polar surface area (TPSA) is 74.9 Å². The van der Waals surface area contributed by atoms with Crippen molar-refractivity contribution in [1.29, 1.82) is 0 Å². The maximum absolute atomic E-state index is 5.99. The summed E-state index contributed by atoms with van der Waals surface area (Å²) in [7, 11) is 0. The summed E-state index contributed by atoms with van der Waals surface area (Å²) in [5.41, 5.74) is 2.02. The van der Waals surface area contributed by atoms with Crippen molar-refractivity contribution < 1.29 is 9.15 Å². The van der Waals surface area contributed by atoms with E-state index >= 15 is 0 Å². The second-order valence-electron chi connectivity index (χ2n) is 7.90. The molecule has 2 aromatic heterocycles.